The Balaban J connectivity index is 1.03. The SMILES string of the molecule is c1ccc(N(c2ccccc2)c2ccc(N(c3ccc(-c4ccc5oc6ccccc6c5c4)cc3)c3ccc4c5ccccc5c5oc6ccccc6c5c4c3)cc2)cc1. The Bertz CT molecular complexity index is 3490. The number of furan rings is 2. The molecule has 0 amide bonds. The van der Waals surface area contributed by atoms with Crippen molar-refractivity contribution in [2.45, 2.75) is 0 Å². The number of rotatable bonds is 7. The van der Waals surface area contributed by atoms with E-state index in [0.29, 0.717) is 0 Å². The third-order valence-corrected chi connectivity index (χ3v) is 11.8. The van der Waals surface area contributed by atoms with Gasteiger partial charge in [0.05, 0.1) is 0 Å². The molecule has 0 saturated heterocycles. The van der Waals surface area contributed by atoms with Crippen molar-refractivity contribution in [1.82, 2.24) is 0 Å². The number of para-hydroxylation sites is 4. The average molecular weight is 769 g/mol. The topological polar surface area (TPSA) is 32.8 Å². The van der Waals surface area contributed by atoms with Crippen LogP contribution in [0.1, 0.15) is 0 Å². The Morgan fingerprint density at radius 1 is 0.250 bits per heavy atom. The molecule has 0 aliphatic rings. The van der Waals surface area contributed by atoms with Crippen LogP contribution in [0.4, 0.5) is 34.1 Å². The number of benzene rings is 10. The first-order valence-electron chi connectivity index (χ1n) is 20.3. The van der Waals surface area contributed by atoms with Gasteiger partial charge < -0.3 is 18.6 Å². The lowest BCUT2D eigenvalue weighted by Gasteiger charge is -2.28. The lowest BCUT2D eigenvalue weighted by molar-refractivity contribution is 0.669. The van der Waals surface area contributed by atoms with Crippen LogP contribution in [-0.4, -0.2) is 0 Å². The first-order valence-corrected chi connectivity index (χ1v) is 20.3. The fourth-order valence-electron chi connectivity index (χ4n) is 9.04. The minimum atomic E-state index is 0.890. The molecule has 0 saturated carbocycles. The lowest BCUT2D eigenvalue weighted by atomic mass is 9.96. The van der Waals surface area contributed by atoms with E-state index in [9.17, 15) is 0 Å². The van der Waals surface area contributed by atoms with Gasteiger partial charge in [-0.15, -0.1) is 0 Å². The first-order chi connectivity index (χ1) is 29.7. The highest BCUT2D eigenvalue weighted by molar-refractivity contribution is 6.30. The van der Waals surface area contributed by atoms with E-state index in [1.807, 2.05) is 18.2 Å². The van der Waals surface area contributed by atoms with Crippen molar-refractivity contribution in [3.05, 3.63) is 218 Å². The maximum absolute atomic E-state index is 6.63. The second-order valence-electron chi connectivity index (χ2n) is 15.3. The van der Waals surface area contributed by atoms with E-state index in [0.717, 1.165) is 99.9 Å². The van der Waals surface area contributed by atoms with Crippen molar-refractivity contribution < 1.29 is 8.83 Å². The van der Waals surface area contributed by atoms with Crippen molar-refractivity contribution in [1.29, 1.82) is 0 Å². The summed E-state index contributed by atoms with van der Waals surface area (Å²) in [6.45, 7) is 0. The molecule has 12 aromatic rings. The van der Waals surface area contributed by atoms with Crippen LogP contribution in [-0.2, 0) is 0 Å². The minimum Gasteiger partial charge on any atom is -0.456 e. The van der Waals surface area contributed by atoms with Gasteiger partial charge in [-0.3, -0.25) is 0 Å². The zero-order chi connectivity index (χ0) is 39.6. The maximum atomic E-state index is 6.63. The van der Waals surface area contributed by atoms with E-state index in [-0.39, 0.29) is 0 Å². The summed E-state index contributed by atoms with van der Waals surface area (Å²) >= 11 is 0. The van der Waals surface area contributed by atoms with Gasteiger partial charge in [0.25, 0.3) is 0 Å². The van der Waals surface area contributed by atoms with Crippen LogP contribution in [0, 0.1) is 0 Å². The summed E-state index contributed by atoms with van der Waals surface area (Å²) in [5.74, 6) is 0. The molecule has 0 N–H and O–H groups in total. The van der Waals surface area contributed by atoms with Gasteiger partial charge in [0, 0.05) is 61.1 Å². The zero-order valence-electron chi connectivity index (χ0n) is 32.5. The summed E-state index contributed by atoms with van der Waals surface area (Å²) in [5.41, 5.74) is 12.3. The summed E-state index contributed by atoms with van der Waals surface area (Å²) in [7, 11) is 0. The standard InChI is InChI=1S/C56H36N2O2/c1-3-13-39(14-4-1)57(40-15-5-2-6-16-40)42-28-30-43(31-29-42)58(41-26-23-37(24-27-41)38-25-34-54-50(35-38)47-18-9-11-21-52(47)59-54)44-32-33-46-45-17-7-8-19-48(45)56-55(51(46)36-44)49-20-10-12-22-53(49)60-56/h1-36H. The molecule has 4 nitrogen and oxygen atoms in total. The number of anilines is 6. The van der Waals surface area contributed by atoms with Crippen molar-refractivity contribution >= 4 is 99.5 Å². The Hall–Kier alpha value is -8.08. The summed E-state index contributed by atoms with van der Waals surface area (Å²) in [6, 6.07) is 77.4. The number of hydrogen-bond donors (Lipinski definition) is 0. The van der Waals surface area contributed by atoms with Gasteiger partial charge in [-0.25, -0.2) is 0 Å². The second kappa shape index (κ2) is 13.8. The van der Waals surface area contributed by atoms with Crippen LogP contribution in [0.25, 0.3) is 76.5 Å². The molecule has 2 aromatic heterocycles. The Kier molecular flexibility index (Phi) is 7.82. The quantitative estimate of drug-likeness (QED) is 0.151. The monoisotopic (exact) mass is 768 g/mol. The summed E-state index contributed by atoms with van der Waals surface area (Å²) in [4.78, 5) is 4.66. The van der Waals surface area contributed by atoms with Gasteiger partial charge in [0.15, 0.2) is 0 Å². The molecule has 0 aliphatic carbocycles. The third kappa shape index (κ3) is 5.53. The molecule has 2 heterocycles. The third-order valence-electron chi connectivity index (χ3n) is 11.8. The molecule has 60 heavy (non-hydrogen) atoms. The van der Waals surface area contributed by atoms with E-state index in [1.54, 1.807) is 0 Å². The fourth-order valence-corrected chi connectivity index (χ4v) is 9.04. The van der Waals surface area contributed by atoms with E-state index >= 15 is 0 Å². The molecule has 10 aromatic carbocycles. The molecule has 0 aliphatic heterocycles. The smallest absolute Gasteiger partial charge is 0.143 e. The predicted molar refractivity (Wildman–Crippen MR) is 251 cm³/mol. The highest BCUT2D eigenvalue weighted by Crippen LogP contribution is 2.45. The molecular formula is C56H36N2O2. The maximum Gasteiger partial charge on any atom is 0.143 e. The zero-order valence-corrected chi connectivity index (χ0v) is 32.5. The van der Waals surface area contributed by atoms with Crippen LogP contribution in [0.15, 0.2) is 227 Å². The van der Waals surface area contributed by atoms with Crippen LogP contribution in [0.3, 0.4) is 0 Å². The van der Waals surface area contributed by atoms with Crippen LogP contribution >= 0.6 is 0 Å². The van der Waals surface area contributed by atoms with Crippen LogP contribution in [0.5, 0.6) is 0 Å². The molecule has 0 bridgehead atoms. The highest BCUT2D eigenvalue weighted by atomic mass is 16.3. The van der Waals surface area contributed by atoms with Gasteiger partial charge in [-0.2, -0.15) is 0 Å². The molecule has 0 radical (unpaired) electrons. The molecule has 0 fully saturated rings. The Morgan fingerprint density at radius 3 is 1.37 bits per heavy atom. The summed E-state index contributed by atoms with van der Waals surface area (Å²) < 4.78 is 12.8. The molecule has 0 spiro atoms. The molecule has 12 rings (SSSR count). The largest absolute Gasteiger partial charge is 0.456 e. The van der Waals surface area contributed by atoms with E-state index < -0.39 is 0 Å². The molecule has 4 heteroatoms. The van der Waals surface area contributed by atoms with Gasteiger partial charge in [-0.05, 0) is 124 Å². The van der Waals surface area contributed by atoms with Crippen LogP contribution < -0.4 is 9.80 Å². The van der Waals surface area contributed by atoms with E-state index in [1.165, 1.54) is 10.8 Å². The van der Waals surface area contributed by atoms with Crippen molar-refractivity contribution in [2.24, 2.45) is 0 Å². The van der Waals surface area contributed by atoms with E-state index in [2.05, 4.69) is 210 Å². The van der Waals surface area contributed by atoms with Crippen molar-refractivity contribution in [2.75, 3.05) is 9.80 Å². The predicted octanol–water partition coefficient (Wildman–Crippen LogP) is 16.4. The van der Waals surface area contributed by atoms with Crippen molar-refractivity contribution in [3.63, 3.8) is 0 Å². The van der Waals surface area contributed by atoms with Gasteiger partial charge in [-0.1, -0.05) is 121 Å². The number of fused-ring (bicyclic) bond motifs is 11. The molecule has 0 unspecified atom stereocenters. The van der Waals surface area contributed by atoms with E-state index in [4.69, 9.17) is 8.83 Å². The molecule has 0 atom stereocenters. The average Bonchev–Trinajstić information content (AvgIpc) is 3.90. The number of hydrogen-bond acceptors (Lipinski definition) is 4. The number of nitrogens with zero attached hydrogens (tertiary/aromatic N) is 2. The Morgan fingerprint density at radius 2 is 0.700 bits per heavy atom. The van der Waals surface area contributed by atoms with Crippen LogP contribution in [0.2, 0.25) is 0 Å². The minimum absolute atomic E-state index is 0.890. The van der Waals surface area contributed by atoms with Gasteiger partial charge >= 0.3 is 0 Å². The van der Waals surface area contributed by atoms with Gasteiger partial charge in [0.2, 0.25) is 0 Å². The second-order valence-corrected chi connectivity index (χ2v) is 15.3. The fraction of sp³-hybridized carbons (Fsp3) is 0. The molecular weight excluding hydrogens is 733 g/mol. The van der Waals surface area contributed by atoms with Crippen molar-refractivity contribution in [3.8, 4) is 11.1 Å². The normalized spacial score (nSPS) is 11.7. The summed E-state index contributed by atoms with van der Waals surface area (Å²) in [6.07, 6.45) is 0. The first kappa shape index (κ1) is 34.0. The highest BCUT2D eigenvalue weighted by Gasteiger charge is 2.20. The molecule has 282 valence electrons. The lowest BCUT2D eigenvalue weighted by Crippen LogP contribution is -2.12. The van der Waals surface area contributed by atoms with Gasteiger partial charge in [0.1, 0.15) is 22.3 Å². The summed E-state index contributed by atoms with van der Waals surface area (Å²) in [5, 5.41) is 9.15. The Labute approximate surface area is 346 Å².